The van der Waals surface area contributed by atoms with E-state index in [1.54, 1.807) is 0 Å². The number of carbonyl (C=O) groups is 2. The minimum Gasteiger partial charge on any atom is -0.352 e. The second-order valence-electron chi connectivity index (χ2n) is 11.1. The predicted molar refractivity (Wildman–Crippen MR) is 131 cm³/mol. The summed E-state index contributed by atoms with van der Waals surface area (Å²) in [6, 6.07) is 16.4. The van der Waals surface area contributed by atoms with E-state index in [1.807, 2.05) is 29.2 Å². The van der Waals surface area contributed by atoms with Crippen LogP contribution in [0.5, 0.6) is 0 Å². The molecule has 0 radical (unpaired) electrons. The molecule has 1 N–H and O–H groups in total. The van der Waals surface area contributed by atoms with Gasteiger partial charge in [-0.1, -0.05) is 77.9 Å². The van der Waals surface area contributed by atoms with Crippen LogP contribution in [0.25, 0.3) is 0 Å². The van der Waals surface area contributed by atoms with E-state index < -0.39 is 0 Å². The van der Waals surface area contributed by atoms with Crippen LogP contribution < -0.4 is 5.32 Å². The highest BCUT2D eigenvalue weighted by molar-refractivity contribution is 5.94. The fourth-order valence-corrected chi connectivity index (χ4v) is 4.10. The molecule has 32 heavy (non-hydrogen) atoms. The van der Waals surface area contributed by atoms with E-state index in [0.29, 0.717) is 32.5 Å². The molecule has 0 unspecified atom stereocenters. The van der Waals surface area contributed by atoms with Crippen LogP contribution in [0, 0.1) is 5.92 Å². The summed E-state index contributed by atoms with van der Waals surface area (Å²) in [5.74, 6) is 0.117. The Hall–Kier alpha value is -2.62. The van der Waals surface area contributed by atoms with Gasteiger partial charge < -0.3 is 10.2 Å². The standard InChI is InChI=1S/C28H38N2O2/c1-27(2,3)23-11-7-20(8-12-23)19-29-25(31)21-15-17-30(18-16-21)26(32)22-9-13-24(14-10-22)28(4,5)6/h7-14,21H,15-19H2,1-6H3,(H,29,31). The van der Waals surface area contributed by atoms with E-state index in [-0.39, 0.29) is 28.6 Å². The van der Waals surface area contributed by atoms with E-state index in [9.17, 15) is 9.59 Å². The van der Waals surface area contributed by atoms with Crippen molar-refractivity contribution in [2.24, 2.45) is 5.92 Å². The molecule has 4 nitrogen and oxygen atoms in total. The van der Waals surface area contributed by atoms with Crippen LogP contribution in [-0.4, -0.2) is 29.8 Å². The Kier molecular flexibility index (Phi) is 7.12. The van der Waals surface area contributed by atoms with Crippen molar-refractivity contribution in [1.82, 2.24) is 10.2 Å². The summed E-state index contributed by atoms with van der Waals surface area (Å²) in [4.78, 5) is 27.4. The van der Waals surface area contributed by atoms with Gasteiger partial charge in [0.2, 0.25) is 5.91 Å². The molecule has 4 heteroatoms. The zero-order valence-corrected chi connectivity index (χ0v) is 20.5. The molecule has 2 amide bonds. The van der Waals surface area contributed by atoms with Gasteiger partial charge in [0, 0.05) is 31.1 Å². The van der Waals surface area contributed by atoms with Crippen molar-refractivity contribution in [3.63, 3.8) is 0 Å². The topological polar surface area (TPSA) is 49.4 Å². The molecule has 0 atom stereocenters. The van der Waals surface area contributed by atoms with E-state index in [4.69, 9.17) is 0 Å². The number of carbonyl (C=O) groups excluding carboxylic acids is 2. The second-order valence-corrected chi connectivity index (χ2v) is 11.1. The fraction of sp³-hybridized carbons (Fsp3) is 0.500. The molecule has 1 aliphatic heterocycles. The molecule has 0 spiro atoms. The summed E-state index contributed by atoms with van der Waals surface area (Å²) in [5, 5.41) is 3.08. The van der Waals surface area contributed by atoms with Gasteiger partial charge in [-0.2, -0.15) is 0 Å². The maximum absolute atomic E-state index is 12.9. The van der Waals surface area contributed by atoms with Crippen molar-refractivity contribution in [1.29, 1.82) is 0 Å². The Bertz CT molecular complexity index is 923. The maximum atomic E-state index is 12.9. The lowest BCUT2D eigenvalue weighted by Gasteiger charge is -2.31. The van der Waals surface area contributed by atoms with Crippen LogP contribution in [-0.2, 0) is 22.2 Å². The summed E-state index contributed by atoms with van der Waals surface area (Å²) in [5.41, 5.74) is 4.54. The minimum absolute atomic E-state index is 0.0313. The van der Waals surface area contributed by atoms with Gasteiger partial charge in [-0.05, 0) is 52.5 Å². The lowest BCUT2D eigenvalue weighted by molar-refractivity contribution is -0.126. The van der Waals surface area contributed by atoms with Crippen molar-refractivity contribution in [3.05, 3.63) is 70.8 Å². The van der Waals surface area contributed by atoms with Crippen LogP contribution in [0.15, 0.2) is 48.5 Å². The molecule has 0 aromatic heterocycles. The van der Waals surface area contributed by atoms with Crippen molar-refractivity contribution in [2.45, 2.75) is 71.8 Å². The highest BCUT2D eigenvalue weighted by atomic mass is 16.2. The van der Waals surface area contributed by atoms with Crippen LogP contribution in [0.2, 0.25) is 0 Å². The Balaban J connectivity index is 1.48. The van der Waals surface area contributed by atoms with Gasteiger partial charge in [0.15, 0.2) is 0 Å². The lowest BCUT2D eigenvalue weighted by Crippen LogP contribution is -2.42. The van der Waals surface area contributed by atoms with Gasteiger partial charge in [-0.15, -0.1) is 0 Å². The molecular weight excluding hydrogens is 396 g/mol. The van der Waals surface area contributed by atoms with Gasteiger partial charge in [-0.25, -0.2) is 0 Å². The van der Waals surface area contributed by atoms with Crippen LogP contribution in [0.1, 0.15) is 81.4 Å². The number of likely N-dealkylation sites (tertiary alicyclic amines) is 1. The third kappa shape index (κ3) is 5.99. The normalized spacial score (nSPS) is 15.5. The molecule has 172 valence electrons. The Morgan fingerprint density at radius 3 is 1.75 bits per heavy atom. The average Bonchev–Trinajstić information content (AvgIpc) is 2.76. The molecule has 0 bridgehead atoms. The quantitative estimate of drug-likeness (QED) is 0.696. The number of nitrogens with zero attached hydrogens (tertiary/aromatic N) is 1. The average molecular weight is 435 g/mol. The van der Waals surface area contributed by atoms with Gasteiger partial charge in [0.1, 0.15) is 0 Å². The monoisotopic (exact) mass is 434 g/mol. The molecule has 2 aromatic rings. The highest BCUT2D eigenvalue weighted by Crippen LogP contribution is 2.25. The van der Waals surface area contributed by atoms with Gasteiger partial charge in [0.25, 0.3) is 5.91 Å². The van der Waals surface area contributed by atoms with Crippen LogP contribution in [0.4, 0.5) is 0 Å². The highest BCUT2D eigenvalue weighted by Gasteiger charge is 2.28. The van der Waals surface area contributed by atoms with Crippen LogP contribution in [0.3, 0.4) is 0 Å². The second kappa shape index (κ2) is 9.48. The predicted octanol–water partition coefficient (Wildman–Crippen LogP) is 5.45. The molecule has 1 saturated heterocycles. The smallest absolute Gasteiger partial charge is 0.253 e. The third-order valence-electron chi connectivity index (χ3n) is 6.44. The maximum Gasteiger partial charge on any atom is 0.253 e. The number of amides is 2. The summed E-state index contributed by atoms with van der Waals surface area (Å²) in [7, 11) is 0. The molecule has 1 heterocycles. The van der Waals surface area contributed by atoms with Gasteiger partial charge >= 0.3 is 0 Å². The number of piperidine rings is 1. The number of rotatable bonds is 4. The van der Waals surface area contributed by atoms with E-state index >= 15 is 0 Å². The van der Waals surface area contributed by atoms with Crippen LogP contribution >= 0.6 is 0 Å². The first-order valence-electron chi connectivity index (χ1n) is 11.7. The number of nitrogens with one attached hydrogen (secondary N) is 1. The van der Waals surface area contributed by atoms with E-state index in [2.05, 4.69) is 71.1 Å². The van der Waals surface area contributed by atoms with Crippen molar-refractivity contribution < 1.29 is 9.59 Å². The van der Waals surface area contributed by atoms with Crippen molar-refractivity contribution in [3.8, 4) is 0 Å². The Labute approximate surface area is 193 Å². The van der Waals surface area contributed by atoms with Crippen molar-refractivity contribution >= 4 is 11.8 Å². The number of benzene rings is 2. The Morgan fingerprint density at radius 1 is 0.812 bits per heavy atom. The van der Waals surface area contributed by atoms with E-state index in [0.717, 1.165) is 11.1 Å². The number of hydrogen-bond acceptors (Lipinski definition) is 2. The summed E-state index contributed by atoms with van der Waals surface area (Å²) in [6.07, 6.45) is 1.42. The zero-order valence-electron chi connectivity index (χ0n) is 20.5. The molecule has 0 saturated carbocycles. The molecular formula is C28H38N2O2. The Morgan fingerprint density at radius 2 is 1.28 bits per heavy atom. The first kappa shape index (κ1) is 24.0. The largest absolute Gasteiger partial charge is 0.352 e. The molecule has 3 rings (SSSR count). The van der Waals surface area contributed by atoms with Gasteiger partial charge in [-0.3, -0.25) is 9.59 Å². The van der Waals surface area contributed by atoms with Gasteiger partial charge in [0.05, 0.1) is 0 Å². The molecule has 1 fully saturated rings. The first-order valence-corrected chi connectivity index (χ1v) is 11.7. The third-order valence-corrected chi connectivity index (χ3v) is 6.44. The minimum atomic E-state index is -0.0313. The number of hydrogen-bond donors (Lipinski definition) is 1. The summed E-state index contributed by atoms with van der Waals surface area (Å²) in [6.45, 7) is 14.9. The molecule has 2 aromatic carbocycles. The first-order chi connectivity index (χ1) is 14.9. The summed E-state index contributed by atoms with van der Waals surface area (Å²) < 4.78 is 0. The fourth-order valence-electron chi connectivity index (χ4n) is 4.10. The van der Waals surface area contributed by atoms with Crippen molar-refractivity contribution in [2.75, 3.05) is 13.1 Å². The zero-order chi connectivity index (χ0) is 23.5. The SMILES string of the molecule is CC(C)(C)c1ccc(CNC(=O)C2CCN(C(=O)c3ccc(C(C)(C)C)cc3)CC2)cc1. The summed E-state index contributed by atoms with van der Waals surface area (Å²) >= 11 is 0. The lowest BCUT2D eigenvalue weighted by atomic mass is 9.86. The van der Waals surface area contributed by atoms with E-state index in [1.165, 1.54) is 11.1 Å². The molecule has 0 aliphatic carbocycles. The molecule has 1 aliphatic rings.